The van der Waals surface area contributed by atoms with Crippen molar-refractivity contribution in [3.8, 4) is 0 Å². The summed E-state index contributed by atoms with van der Waals surface area (Å²) in [4.78, 5) is 14.6. The summed E-state index contributed by atoms with van der Waals surface area (Å²) in [6, 6.07) is 3.40. The Morgan fingerprint density at radius 1 is 1.41 bits per heavy atom. The maximum atomic E-state index is 10.4. The molecule has 0 aliphatic carbocycles. The van der Waals surface area contributed by atoms with Crippen LogP contribution in [-0.2, 0) is 4.79 Å². The molecule has 1 aromatic heterocycles. The lowest BCUT2D eigenvalue weighted by molar-refractivity contribution is -0.136. The zero-order chi connectivity index (χ0) is 12.4. The highest BCUT2D eigenvalue weighted by molar-refractivity contribution is 7.22. The molecule has 0 aliphatic heterocycles. The van der Waals surface area contributed by atoms with E-state index >= 15 is 0 Å². The van der Waals surface area contributed by atoms with Gasteiger partial charge in [0.05, 0.1) is 21.2 Å². The number of hydrogen-bond donors (Lipinski definition) is 2. The molecule has 0 fully saturated rings. The maximum absolute atomic E-state index is 10.4. The molecule has 2 rings (SSSR count). The number of aromatic nitrogens is 1. The Balaban J connectivity index is 2.23. The van der Waals surface area contributed by atoms with Gasteiger partial charge in [0.1, 0.15) is 5.52 Å². The second-order valence-corrected chi connectivity index (χ2v) is 5.11. The van der Waals surface area contributed by atoms with Crippen molar-refractivity contribution < 1.29 is 9.90 Å². The topological polar surface area (TPSA) is 62.2 Å². The molecule has 1 aromatic carbocycles. The van der Waals surface area contributed by atoms with E-state index in [0.717, 1.165) is 4.70 Å². The van der Waals surface area contributed by atoms with Crippen molar-refractivity contribution in [3.63, 3.8) is 0 Å². The van der Waals surface area contributed by atoms with Gasteiger partial charge in [0.25, 0.3) is 0 Å². The quantitative estimate of drug-likeness (QED) is 0.905. The highest BCUT2D eigenvalue weighted by Crippen LogP contribution is 2.35. The second-order valence-electron chi connectivity index (χ2n) is 3.30. The smallest absolute Gasteiger partial charge is 0.305 e. The van der Waals surface area contributed by atoms with Crippen molar-refractivity contribution in [3.05, 3.63) is 22.2 Å². The lowest BCUT2D eigenvalue weighted by atomic mass is 10.3. The summed E-state index contributed by atoms with van der Waals surface area (Å²) < 4.78 is 0.803. The average Bonchev–Trinajstić information content (AvgIpc) is 2.68. The summed E-state index contributed by atoms with van der Waals surface area (Å²) in [5.41, 5.74) is 0.641. The first-order chi connectivity index (χ1) is 8.08. The Morgan fingerprint density at radius 2 is 2.12 bits per heavy atom. The molecular weight excluding hydrogens is 283 g/mol. The molecule has 0 spiro atoms. The van der Waals surface area contributed by atoms with Crippen molar-refractivity contribution >= 4 is 55.9 Å². The third kappa shape index (κ3) is 2.80. The van der Waals surface area contributed by atoms with Crippen molar-refractivity contribution in [1.82, 2.24) is 4.98 Å². The van der Waals surface area contributed by atoms with E-state index < -0.39 is 5.97 Å². The van der Waals surface area contributed by atoms with Crippen LogP contribution in [-0.4, -0.2) is 22.6 Å². The number of rotatable bonds is 4. The van der Waals surface area contributed by atoms with E-state index in [2.05, 4.69) is 10.3 Å². The number of nitrogens with zero attached hydrogens (tertiary/aromatic N) is 1. The van der Waals surface area contributed by atoms with Crippen LogP contribution in [0.4, 0.5) is 5.13 Å². The van der Waals surface area contributed by atoms with E-state index in [9.17, 15) is 4.79 Å². The SMILES string of the molecule is O=C(O)CCNc1nc2c(Cl)ccc(Cl)c2s1. The Morgan fingerprint density at radius 3 is 2.76 bits per heavy atom. The van der Waals surface area contributed by atoms with Gasteiger partial charge in [-0.05, 0) is 12.1 Å². The van der Waals surface area contributed by atoms with Crippen LogP contribution in [0.25, 0.3) is 10.2 Å². The lowest BCUT2D eigenvalue weighted by Gasteiger charge is -1.97. The van der Waals surface area contributed by atoms with Gasteiger partial charge in [0, 0.05) is 6.54 Å². The summed E-state index contributed by atoms with van der Waals surface area (Å²) in [7, 11) is 0. The van der Waals surface area contributed by atoms with Crippen LogP contribution >= 0.6 is 34.5 Å². The number of nitrogens with one attached hydrogen (secondary N) is 1. The molecular formula is C10H8Cl2N2O2S. The molecule has 4 nitrogen and oxygen atoms in total. The summed E-state index contributed by atoms with van der Waals surface area (Å²) in [5, 5.41) is 13.2. The van der Waals surface area contributed by atoms with Crippen LogP contribution < -0.4 is 5.32 Å². The van der Waals surface area contributed by atoms with Crippen LogP contribution in [0.3, 0.4) is 0 Å². The minimum atomic E-state index is -0.852. The zero-order valence-corrected chi connectivity index (χ0v) is 10.9. The highest BCUT2D eigenvalue weighted by atomic mass is 35.5. The first kappa shape index (κ1) is 12.4. The number of thiazole rings is 1. The molecule has 2 N–H and O–H groups in total. The fourth-order valence-electron chi connectivity index (χ4n) is 1.30. The van der Waals surface area contributed by atoms with Gasteiger partial charge in [-0.3, -0.25) is 4.79 Å². The Kier molecular flexibility index (Phi) is 3.71. The maximum Gasteiger partial charge on any atom is 0.305 e. The van der Waals surface area contributed by atoms with Crippen LogP contribution in [0.2, 0.25) is 10.0 Å². The van der Waals surface area contributed by atoms with Gasteiger partial charge in [0.2, 0.25) is 0 Å². The van der Waals surface area contributed by atoms with Gasteiger partial charge in [-0.2, -0.15) is 0 Å². The lowest BCUT2D eigenvalue weighted by Crippen LogP contribution is -2.06. The first-order valence-corrected chi connectivity index (χ1v) is 6.35. The average molecular weight is 291 g/mol. The number of aliphatic carboxylic acids is 1. The number of hydrogen-bond acceptors (Lipinski definition) is 4. The minimum Gasteiger partial charge on any atom is -0.481 e. The molecule has 0 radical (unpaired) electrons. The summed E-state index contributed by atoms with van der Waals surface area (Å²) in [5.74, 6) is -0.852. The number of anilines is 1. The predicted molar refractivity (Wildman–Crippen MR) is 70.4 cm³/mol. The molecule has 0 amide bonds. The van der Waals surface area contributed by atoms with Gasteiger partial charge >= 0.3 is 5.97 Å². The van der Waals surface area contributed by atoms with Gasteiger partial charge in [0.15, 0.2) is 5.13 Å². The molecule has 0 saturated heterocycles. The molecule has 1 heterocycles. The number of fused-ring (bicyclic) bond motifs is 1. The Bertz CT molecular complexity index is 532. The van der Waals surface area contributed by atoms with E-state index in [0.29, 0.717) is 27.2 Å². The summed E-state index contributed by atoms with van der Waals surface area (Å²) >= 11 is 13.4. The summed E-state index contributed by atoms with van der Waals surface area (Å²) in [6.07, 6.45) is 0.0391. The third-order valence-electron chi connectivity index (χ3n) is 2.06. The number of carboxylic acids is 1. The first-order valence-electron chi connectivity index (χ1n) is 4.78. The number of carboxylic acid groups (broad SMARTS) is 1. The van der Waals surface area contributed by atoms with E-state index in [-0.39, 0.29) is 6.42 Å². The molecule has 0 aliphatic rings. The summed E-state index contributed by atoms with van der Waals surface area (Å²) in [6.45, 7) is 0.324. The van der Waals surface area contributed by atoms with Crippen molar-refractivity contribution in [2.75, 3.05) is 11.9 Å². The molecule has 7 heteroatoms. The standard InChI is InChI=1S/C10H8Cl2N2O2S/c11-5-1-2-6(12)9-8(5)14-10(17-9)13-4-3-7(15)16/h1-2H,3-4H2,(H,13,14)(H,15,16). The van der Waals surface area contributed by atoms with Gasteiger partial charge in [-0.15, -0.1) is 0 Å². The van der Waals surface area contributed by atoms with Gasteiger partial charge in [-0.1, -0.05) is 34.5 Å². The molecule has 17 heavy (non-hydrogen) atoms. The molecule has 0 saturated carbocycles. The zero-order valence-electron chi connectivity index (χ0n) is 8.54. The largest absolute Gasteiger partial charge is 0.481 e. The molecule has 0 unspecified atom stereocenters. The van der Waals surface area contributed by atoms with Crippen molar-refractivity contribution in [1.29, 1.82) is 0 Å². The van der Waals surface area contributed by atoms with Crippen LogP contribution in [0.1, 0.15) is 6.42 Å². The fourth-order valence-corrected chi connectivity index (χ4v) is 2.74. The van der Waals surface area contributed by atoms with Crippen molar-refractivity contribution in [2.45, 2.75) is 6.42 Å². The number of carbonyl (C=O) groups is 1. The van der Waals surface area contributed by atoms with Crippen LogP contribution in [0.15, 0.2) is 12.1 Å². The van der Waals surface area contributed by atoms with Gasteiger partial charge in [-0.25, -0.2) is 4.98 Å². The Labute approximate surface area is 111 Å². The van der Waals surface area contributed by atoms with E-state index in [1.807, 2.05) is 0 Å². The second kappa shape index (κ2) is 5.08. The normalized spacial score (nSPS) is 10.7. The van der Waals surface area contributed by atoms with E-state index in [1.54, 1.807) is 12.1 Å². The molecule has 0 bridgehead atoms. The Hall–Kier alpha value is -1.04. The van der Waals surface area contributed by atoms with Gasteiger partial charge < -0.3 is 10.4 Å². The fraction of sp³-hybridized carbons (Fsp3) is 0.200. The minimum absolute atomic E-state index is 0.0391. The van der Waals surface area contributed by atoms with Crippen molar-refractivity contribution in [2.24, 2.45) is 0 Å². The monoisotopic (exact) mass is 290 g/mol. The highest BCUT2D eigenvalue weighted by Gasteiger charge is 2.10. The van der Waals surface area contributed by atoms with E-state index in [4.69, 9.17) is 28.3 Å². The molecule has 90 valence electrons. The number of halogens is 2. The van der Waals surface area contributed by atoms with E-state index in [1.165, 1.54) is 11.3 Å². The predicted octanol–water partition coefficient (Wildman–Crippen LogP) is 3.49. The third-order valence-corrected chi connectivity index (χ3v) is 3.84. The molecule has 0 atom stereocenters. The van der Waals surface area contributed by atoms with Crippen LogP contribution in [0, 0.1) is 0 Å². The van der Waals surface area contributed by atoms with Crippen LogP contribution in [0.5, 0.6) is 0 Å². The number of benzene rings is 1. The molecule has 2 aromatic rings.